The standard InChI is InChI=1S/C29H28N2O3/c1-20(23-13-8-10-21-9-2-3-11-24(21)23)30-18-17-22-19-31(27-15-6-7-16-28(27)34-22)26-14-5-4-12-25(26)29(32)33/h2-16,20,22,30H,17-19H2,1H3,(H,32,33)/t20-,22?/m1/s1. The van der Waals surface area contributed by atoms with E-state index in [-0.39, 0.29) is 12.1 Å². The van der Waals surface area contributed by atoms with Crippen molar-refractivity contribution in [3.63, 3.8) is 0 Å². The van der Waals surface area contributed by atoms with Crippen LogP contribution in [0.5, 0.6) is 5.75 Å². The quantitative estimate of drug-likeness (QED) is 0.351. The Hall–Kier alpha value is -3.83. The van der Waals surface area contributed by atoms with E-state index >= 15 is 0 Å². The van der Waals surface area contributed by atoms with E-state index in [1.807, 2.05) is 36.4 Å². The predicted molar refractivity (Wildman–Crippen MR) is 136 cm³/mol. The van der Waals surface area contributed by atoms with Crippen LogP contribution < -0.4 is 15.0 Å². The van der Waals surface area contributed by atoms with Crippen LogP contribution in [0.3, 0.4) is 0 Å². The normalized spacial score (nSPS) is 16.0. The lowest BCUT2D eigenvalue weighted by molar-refractivity contribution is 0.0697. The summed E-state index contributed by atoms with van der Waals surface area (Å²) in [4.78, 5) is 13.9. The van der Waals surface area contributed by atoms with E-state index in [1.165, 1.54) is 16.3 Å². The number of carbonyl (C=O) groups is 1. The van der Waals surface area contributed by atoms with Gasteiger partial charge in [0.05, 0.1) is 23.5 Å². The van der Waals surface area contributed by atoms with Gasteiger partial charge in [0.15, 0.2) is 0 Å². The molecule has 172 valence electrons. The van der Waals surface area contributed by atoms with E-state index < -0.39 is 5.97 Å². The van der Waals surface area contributed by atoms with Gasteiger partial charge in [-0.05, 0) is 60.5 Å². The third-order valence-corrected chi connectivity index (χ3v) is 6.47. The van der Waals surface area contributed by atoms with E-state index in [1.54, 1.807) is 12.1 Å². The monoisotopic (exact) mass is 452 g/mol. The summed E-state index contributed by atoms with van der Waals surface area (Å²) in [7, 11) is 0. The molecule has 5 rings (SSSR count). The average Bonchev–Trinajstić information content (AvgIpc) is 2.87. The molecule has 4 aromatic carbocycles. The summed E-state index contributed by atoms with van der Waals surface area (Å²) in [5, 5.41) is 15.9. The maximum atomic E-state index is 11.9. The molecule has 0 fully saturated rings. The third kappa shape index (κ3) is 4.35. The molecule has 0 aromatic heterocycles. The summed E-state index contributed by atoms with van der Waals surface area (Å²) in [6.45, 7) is 3.56. The summed E-state index contributed by atoms with van der Waals surface area (Å²) in [6, 6.07) is 30.1. The number of carboxylic acids is 1. The van der Waals surface area contributed by atoms with Gasteiger partial charge in [0.1, 0.15) is 11.9 Å². The molecule has 34 heavy (non-hydrogen) atoms. The minimum Gasteiger partial charge on any atom is -0.486 e. The zero-order chi connectivity index (χ0) is 23.5. The Morgan fingerprint density at radius 3 is 2.53 bits per heavy atom. The van der Waals surface area contributed by atoms with Crippen LogP contribution in [0.25, 0.3) is 10.8 Å². The number of hydrogen-bond acceptors (Lipinski definition) is 4. The van der Waals surface area contributed by atoms with Crippen molar-refractivity contribution in [2.45, 2.75) is 25.5 Å². The molecule has 2 atom stereocenters. The second kappa shape index (κ2) is 9.57. The molecule has 1 unspecified atom stereocenters. The fraction of sp³-hybridized carbons (Fsp3) is 0.207. The van der Waals surface area contributed by atoms with Gasteiger partial charge in [-0.25, -0.2) is 4.79 Å². The van der Waals surface area contributed by atoms with Crippen molar-refractivity contribution in [3.05, 3.63) is 102 Å². The van der Waals surface area contributed by atoms with Crippen LogP contribution in [0, 0.1) is 0 Å². The number of benzene rings is 4. The van der Waals surface area contributed by atoms with Crippen LogP contribution in [0.2, 0.25) is 0 Å². The minimum atomic E-state index is -0.929. The number of para-hydroxylation sites is 3. The molecule has 0 bridgehead atoms. The highest BCUT2D eigenvalue weighted by atomic mass is 16.5. The smallest absolute Gasteiger partial charge is 0.337 e. The molecular formula is C29H28N2O3. The van der Waals surface area contributed by atoms with Crippen molar-refractivity contribution in [1.82, 2.24) is 5.32 Å². The van der Waals surface area contributed by atoms with E-state index in [9.17, 15) is 9.90 Å². The molecule has 0 saturated carbocycles. The lowest BCUT2D eigenvalue weighted by Gasteiger charge is -2.37. The van der Waals surface area contributed by atoms with Crippen molar-refractivity contribution >= 4 is 28.1 Å². The van der Waals surface area contributed by atoms with Crippen molar-refractivity contribution in [3.8, 4) is 5.75 Å². The van der Waals surface area contributed by atoms with Gasteiger partial charge in [0, 0.05) is 6.04 Å². The number of nitrogens with one attached hydrogen (secondary N) is 1. The van der Waals surface area contributed by atoms with Crippen molar-refractivity contribution in [2.75, 3.05) is 18.0 Å². The SMILES string of the molecule is C[C@@H](NCCC1CN(c2ccccc2C(=O)O)c2ccccc2O1)c1cccc2ccccc12. The summed E-state index contributed by atoms with van der Waals surface area (Å²) >= 11 is 0. The summed E-state index contributed by atoms with van der Waals surface area (Å²) in [5.41, 5.74) is 3.16. The first-order chi connectivity index (χ1) is 16.6. The number of ether oxygens (including phenoxy) is 1. The summed E-state index contributed by atoms with van der Waals surface area (Å²) in [5.74, 6) is -0.150. The highest BCUT2D eigenvalue weighted by molar-refractivity contribution is 5.96. The Morgan fingerprint density at radius 2 is 1.68 bits per heavy atom. The molecule has 2 N–H and O–H groups in total. The molecule has 1 aliphatic heterocycles. The lowest BCUT2D eigenvalue weighted by atomic mass is 9.99. The van der Waals surface area contributed by atoms with Crippen molar-refractivity contribution < 1.29 is 14.6 Å². The van der Waals surface area contributed by atoms with E-state index in [0.717, 1.165) is 24.4 Å². The molecular weight excluding hydrogens is 424 g/mol. The van der Waals surface area contributed by atoms with Crippen LogP contribution in [0.1, 0.15) is 35.3 Å². The number of carboxylic acid groups (broad SMARTS) is 1. The first-order valence-electron chi connectivity index (χ1n) is 11.7. The molecule has 0 aliphatic carbocycles. The van der Waals surface area contributed by atoms with Gasteiger partial charge < -0.3 is 20.1 Å². The second-order valence-electron chi connectivity index (χ2n) is 8.67. The zero-order valence-corrected chi connectivity index (χ0v) is 19.1. The second-order valence-corrected chi connectivity index (χ2v) is 8.67. The van der Waals surface area contributed by atoms with Gasteiger partial charge in [0.2, 0.25) is 0 Å². The van der Waals surface area contributed by atoms with E-state index in [2.05, 4.69) is 59.6 Å². The Morgan fingerprint density at radius 1 is 0.971 bits per heavy atom. The predicted octanol–water partition coefficient (Wildman–Crippen LogP) is 6.18. The molecule has 4 aromatic rings. The largest absolute Gasteiger partial charge is 0.486 e. The van der Waals surface area contributed by atoms with Crippen LogP contribution in [-0.4, -0.2) is 30.3 Å². The molecule has 0 amide bonds. The van der Waals surface area contributed by atoms with E-state index in [0.29, 0.717) is 17.8 Å². The van der Waals surface area contributed by atoms with Gasteiger partial charge in [-0.3, -0.25) is 0 Å². The molecule has 0 radical (unpaired) electrons. The Labute approximate surface area is 199 Å². The Bertz CT molecular complexity index is 1310. The molecule has 1 aliphatic rings. The zero-order valence-electron chi connectivity index (χ0n) is 19.1. The maximum Gasteiger partial charge on any atom is 0.337 e. The number of fused-ring (bicyclic) bond motifs is 2. The topological polar surface area (TPSA) is 61.8 Å². The Kier molecular flexibility index (Phi) is 6.19. The molecule has 5 heteroatoms. The van der Waals surface area contributed by atoms with E-state index in [4.69, 9.17) is 4.74 Å². The number of rotatable bonds is 7. The third-order valence-electron chi connectivity index (χ3n) is 6.47. The Balaban J connectivity index is 1.32. The number of nitrogens with zero attached hydrogens (tertiary/aromatic N) is 1. The van der Waals surface area contributed by atoms with Crippen molar-refractivity contribution in [1.29, 1.82) is 0 Å². The highest BCUT2D eigenvalue weighted by Gasteiger charge is 2.28. The first kappa shape index (κ1) is 22.0. The highest BCUT2D eigenvalue weighted by Crippen LogP contribution is 2.39. The molecule has 0 spiro atoms. The molecule has 0 saturated heterocycles. The van der Waals surface area contributed by atoms with Crippen LogP contribution in [0.15, 0.2) is 91.0 Å². The lowest BCUT2D eigenvalue weighted by Crippen LogP contribution is -2.39. The fourth-order valence-corrected chi connectivity index (χ4v) is 4.77. The molecule has 1 heterocycles. The average molecular weight is 453 g/mol. The fourth-order valence-electron chi connectivity index (χ4n) is 4.77. The number of hydrogen-bond donors (Lipinski definition) is 2. The maximum absolute atomic E-state index is 11.9. The minimum absolute atomic E-state index is 0.0658. The van der Waals surface area contributed by atoms with Crippen LogP contribution >= 0.6 is 0 Å². The van der Waals surface area contributed by atoms with Gasteiger partial charge >= 0.3 is 5.97 Å². The van der Waals surface area contributed by atoms with Gasteiger partial charge in [-0.1, -0.05) is 66.7 Å². The molecule has 5 nitrogen and oxygen atoms in total. The van der Waals surface area contributed by atoms with Crippen LogP contribution in [0.4, 0.5) is 11.4 Å². The van der Waals surface area contributed by atoms with Gasteiger partial charge in [-0.2, -0.15) is 0 Å². The van der Waals surface area contributed by atoms with Gasteiger partial charge in [0.25, 0.3) is 0 Å². The first-order valence-corrected chi connectivity index (χ1v) is 11.7. The van der Waals surface area contributed by atoms with Crippen LogP contribution in [-0.2, 0) is 0 Å². The summed E-state index contributed by atoms with van der Waals surface area (Å²) < 4.78 is 6.31. The summed E-state index contributed by atoms with van der Waals surface area (Å²) in [6.07, 6.45) is 0.735. The van der Waals surface area contributed by atoms with Crippen molar-refractivity contribution in [2.24, 2.45) is 0 Å². The number of anilines is 2. The number of aromatic carboxylic acids is 1. The van der Waals surface area contributed by atoms with Gasteiger partial charge in [-0.15, -0.1) is 0 Å².